The van der Waals surface area contributed by atoms with Crippen LogP contribution < -0.4 is 0 Å². The molecule has 4 aromatic rings. The van der Waals surface area contributed by atoms with Gasteiger partial charge in [0.25, 0.3) is 0 Å². The Bertz CT molecular complexity index is 705. The summed E-state index contributed by atoms with van der Waals surface area (Å²) in [6.45, 7) is 8.18. The van der Waals surface area contributed by atoms with Crippen LogP contribution in [0.15, 0.2) is 54.6 Å². The van der Waals surface area contributed by atoms with Crippen molar-refractivity contribution < 1.29 is 0 Å². The third-order valence-electron chi connectivity index (χ3n) is 2.95. The van der Waals surface area contributed by atoms with Crippen molar-refractivity contribution in [3.8, 4) is 0 Å². The lowest BCUT2D eigenvalue weighted by molar-refractivity contribution is 1.35. The molecule has 0 atom stereocenters. The molecular formula is C19H21NS2. The normalized spacial score (nSPS) is 9.82. The summed E-state index contributed by atoms with van der Waals surface area (Å²) >= 11 is 3.59. The van der Waals surface area contributed by atoms with Crippen LogP contribution in [0.4, 0.5) is 0 Å². The van der Waals surface area contributed by atoms with Gasteiger partial charge in [-0.3, -0.25) is 0 Å². The maximum Gasteiger partial charge on any atom is 0.0907 e. The predicted octanol–water partition coefficient (Wildman–Crippen LogP) is 6.84. The molecule has 2 heterocycles. The number of nitrogens with zero attached hydrogens (tertiary/aromatic N) is 1. The van der Waals surface area contributed by atoms with E-state index in [0.717, 1.165) is 10.5 Å². The van der Waals surface area contributed by atoms with Gasteiger partial charge >= 0.3 is 0 Å². The van der Waals surface area contributed by atoms with E-state index in [-0.39, 0.29) is 0 Å². The maximum atomic E-state index is 4.33. The van der Waals surface area contributed by atoms with E-state index < -0.39 is 0 Å². The van der Waals surface area contributed by atoms with E-state index in [1.54, 1.807) is 11.3 Å². The van der Waals surface area contributed by atoms with Crippen LogP contribution in [0.1, 0.15) is 23.7 Å². The molecule has 0 saturated heterocycles. The first-order valence-corrected chi connectivity index (χ1v) is 9.13. The lowest BCUT2D eigenvalue weighted by Crippen LogP contribution is -1.65. The van der Waals surface area contributed by atoms with Crippen molar-refractivity contribution in [2.24, 2.45) is 0 Å². The highest BCUT2D eigenvalue weighted by Crippen LogP contribution is 2.23. The van der Waals surface area contributed by atoms with E-state index in [2.05, 4.69) is 48.3 Å². The Morgan fingerprint density at radius 1 is 0.773 bits per heavy atom. The number of benzene rings is 2. The fourth-order valence-electron chi connectivity index (χ4n) is 2.10. The van der Waals surface area contributed by atoms with Crippen molar-refractivity contribution in [3.63, 3.8) is 0 Å². The molecule has 2 aromatic carbocycles. The number of rotatable bonds is 0. The molecule has 0 fully saturated rings. The first-order chi connectivity index (χ1) is 10.7. The molecule has 4 rings (SSSR count). The summed E-state index contributed by atoms with van der Waals surface area (Å²) in [4.78, 5) is 5.72. The molecular weight excluding hydrogens is 306 g/mol. The van der Waals surface area contributed by atoms with Crippen LogP contribution >= 0.6 is 22.7 Å². The Labute approximate surface area is 140 Å². The van der Waals surface area contributed by atoms with Gasteiger partial charge in [0.2, 0.25) is 0 Å². The molecule has 0 N–H and O–H groups in total. The van der Waals surface area contributed by atoms with Crippen molar-refractivity contribution >= 4 is 43.0 Å². The van der Waals surface area contributed by atoms with Crippen LogP contribution in [0.2, 0.25) is 0 Å². The van der Waals surface area contributed by atoms with Gasteiger partial charge in [-0.15, -0.1) is 22.7 Å². The Kier molecular flexibility index (Phi) is 6.10. The van der Waals surface area contributed by atoms with Gasteiger partial charge in [-0.05, 0) is 43.5 Å². The lowest BCUT2D eigenvalue weighted by Gasteiger charge is -1.82. The highest BCUT2D eigenvalue weighted by Gasteiger charge is 1.95. The molecule has 0 aliphatic heterocycles. The second-order valence-corrected chi connectivity index (χ2v) is 7.12. The van der Waals surface area contributed by atoms with Gasteiger partial charge in [-0.2, -0.15) is 0 Å². The first kappa shape index (κ1) is 16.7. The van der Waals surface area contributed by atoms with Gasteiger partial charge in [0.1, 0.15) is 0 Å². The first-order valence-electron chi connectivity index (χ1n) is 7.50. The standard InChI is InChI=1S/C9H8S.C8H7NS.C2H6/c1-7-6-8-4-2-3-5-9(8)10-7;1-6-9-7-4-2-3-5-8(7)10-6;1-2/h2-6H,1H3;2-5H,1H3;1-2H3. The average molecular weight is 328 g/mol. The SMILES string of the molecule is CC.Cc1cc2ccccc2s1.Cc1nc2ccccc2s1. The minimum atomic E-state index is 1.12. The van der Waals surface area contributed by atoms with Gasteiger partial charge in [0.15, 0.2) is 0 Å². The van der Waals surface area contributed by atoms with Gasteiger partial charge in [0.05, 0.1) is 15.2 Å². The Morgan fingerprint density at radius 2 is 1.41 bits per heavy atom. The van der Waals surface area contributed by atoms with E-state index in [1.807, 2.05) is 50.3 Å². The van der Waals surface area contributed by atoms with Crippen molar-refractivity contribution in [3.05, 3.63) is 64.5 Å². The van der Waals surface area contributed by atoms with E-state index in [9.17, 15) is 0 Å². The Morgan fingerprint density at radius 3 is 2.09 bits per heavy atom. The van der Waals surface area contributed by atoms with Gasteiger partial charge in [-0.25, -0.2) is 4.98 Å². The minimum Gasteiger partial charge on any atom is -0.242 e. The molecule has 0 spiro atoms. The number of thiophene rings is 1. The molecule has 0 amide bonds. The summed E-state index contributed by atoms with van der Waals surface area (Å²) in [5.41, 5.74) is 1.12. The zero-order valence-electron chi connectivity index (χ0n) is 13.5. The zero-order valence-corrected chi connectivity index (χ0v) is 15.1. The number of thiazole rings is 1. The zero-order chi connectivity index (χ0) is 15.9. The Hall–Kier alpha value is -1.71. The fourth-order valence-corrected chi connectivity index (χ4v) is 3.85. The van der Waals surface area contributed by atoms with Gasteiger partial charge < -0.3 is 0 Å². The van der Waals surface area contributed by atoms with Gasteiger partial charge in [-0.1, -0.05) is 44.2 Å². The summed E-state index contributed by atoms with van der Waals surface area (Å²) in [7, 11) is 0. The van der Waals surface area contributed by atoms with E-state index in [0.29, 0.717) is 0 Å². The van der Waals surface area contributed by atoms with Crippen LogP contribution in [0.5, 0.6) is 0 Å². The molecule has 3 heteroatoms. The number of aryl methyl sites for hydroxylation is 2. The Balaban J connectivity index is 0.000000144. The number of hydrogen-bond acceptors (Lipinski definition) is 3. The van der Waals surface area contributed by atoms with Crippen molar-refractivity contribution in [2.45, 2.75) is 27.7 Å². The summed E-state index contributed by atoms with van der Waals surface area (Å²) in [5, 5.41) is 2.51. The number of hydrogen-bond donors (Lipinski definition) is 0. The molecule has 2 aromatic heterocycles. The molecule has 0 saturated carbocycles. The molecule has 0 aliphatic rings. The predicted molar refractivity (Wildman–Crippen MR) is 102 cm³/mol. The van der Waals surface area contributed by atoms with Crippen LogP contribution in [0, 0.1) is 13.8 Å². The highest BCUT2D eigenvalue weighted by molar-refractivity contribution is 7.19. The second-order valence-electron chi connectivity index (χ2n) is 4.60. The summed E-state index contributed by atoms with van der Waals surface area (Å²) in [6, 6.07) is 18.9. The largest absolute Gasteiger partial charge is 0.242 e. The molecule has 0 unspecified atom stereocenters. The fraction of sp³-hybridized carbons (Fsp3) is 0.211. The topological polar surface area (TPSA) is 12.9 Å². The maximum absolute atomic E-state index is 4.33. The monoisotopic (exact) mass is 327 g/mol. The average Bonchev–Trinajstić information content (AvgIpc) is 3.10. The molecule has 0 radical (unpaired) electrons. The summed E-state index contributed by atoms with van der Waals surface area (Å²) in [5.74, 6) is 0. The third-order valence-corrected chi connectivity index (χ3v) is 4.93. The molecule has 0 bridgehead atoms. The van der Waals surface area contributed by atoms with Crippen LogP contribution in [0.25, 0.3) is 20.3 Å². The van der Waals surface area contributed by atoms with Crippen molar-refractivity contribution in [1.82, 2.24) is 4.98 Å². The summed E-state index contributed by atoms with van der Waals surface area (Å²) in [6.07, 6.45) is 0. The van der Waals surface area contributed by atoms with Gasteiger partial charge in [0, 0.05) is 9.58 Å². The van der Waals surface area contributed by atoms with Crippen LogP contribution in [0.3, 0.4) is 0 Å². The van der Waals surface area contributed by atoms with E-state index in [4.69, 9.17) is 0 Å². The minimum absolute atomic E-state index is 1.12. The molecule has 114 valence electrons. The molecule has 1 nitrogen and oxygen atoms in total. The van der Waals surface area contributed by atoms with Crippen LogP contribution in [-0.2, 0) is 0 Å². The van der Waals surface area contributed by atoms with Crippen LogP contribution in [-0.4, -0.2) is 4.98 Å². The third kappa shape index (κ3) is 4.15. The smallest absolute Gasteiger partial charge is 0.0907 e. The molecule has 0 aliphatic carbocycles. The lowest BCUT2D eigenvalue weighted by atomic mass is 10.2. The second kappa shape index (κ2) is 8.06. The van der Waals surface area contributed by atoms with Crippen molar-refractivity contribution in [2.75, 3.05) is 0 Å². The van der Waals surface area contributed by atoms with Crippen molar-refractivity contribution in [1.29, 1.82) is 0 Å². The molecule has 22 heavy (non-hydrogen) atoms. The van der Waals surface area contributed by atoms with E-state index >= 15 is 0 Å². The number of para-hydroxylation sites is 1. The quantitative estimate of drug-likeness (QED) is 0.344. The summed E-state index contributed by atoms with van der Waals surface area (Å²) < 4.78 is 2.67. The number of aromatic nitrogens is 1. The highest BCUT2D eigenvalue weighted by atomic mass is 32.1. The van der Waals surface area contributed by atoms with E-state index in [1.165, 1.54) is 19.7 Å². The number of fused-ring (bicyclic) bond motifs is 2.